The Hall–Kier alpha value is -2.60. The van der Waals surface area contributed by atoms with Crippen LogP contribution >= 0.6 is 11.6 Å². The molecule has 0 radical (unpaired) electrons. The number of para-hydroxylation sites is 1. The smallest absolute Gasteiger partial charge is 0.341 e. The topological polar surface area (TPSA) is 70.5 Å². The van der Waals surface area contributed by atoms with Crippen molar-refractivity contribution in [2.45, 2.75) is 0 Å². The number of carbonyl (C=O) groups is 1. The summed E-state index contributed by atoms with van der Waals surface area (Å²) in [6, 6.07) is 8.40. The van der Waals surface area contributed by atoms with Crippen molar-refractivity contribution in [3.63, 3.8) is 0 Å². The van der Waals surface area contributed by atoms with Crippen molar-refractivity contribution in [1.82, 2.24) is 9.97 Å². The van der Waals surface area contributed by atoms with Gasteiger partial charge in [0, 0.05) is 11.6 Å². The first kappa shape index (κ1) is 15.8. The summed E-state index contributed by atoms with van der Waals surface area (Å²) >= 11 is 5.80. The lowest BCUT2D eigenvalue weighted by molar-refractivity contribution is -0.133. The van der Waals surface area contributed by atoms with E-state index >= 15 is 0 Å². The summed E-state index contributed by atoms with van der Waals surface area (Å²) in [5.41, 5.74) is 0.728. The van der Waals surface area contributed by atoms with Gasteiger partial charge < -0.3 is 14.2 Å². The first-order valence-corrected chi connectivity index (χ1v) is 6.59. The number of ether oxygens (including phenoxy) is 3. The van der Waals surface area contributed by atoms with Gasteiger partial charge in [0.25, 0.3) is 0 Å². The number of esters is 1. The fraction of sp³-hybridized carbons (Fsp3) is 0.133. The summed E-state index contributed by atoms with van der Waals surface area (Å²) in [5, 5.41) is 0.253. The third-order valence-electron chi connectivity index (χ3n) is 2.64. The molecule has 0 aliphatic heterocycles. The van der Waals surface area contributed by atoms with Gasteiger partial charge in [-0.2, -0.15) is 0 Å². The minimum absolute atomic E-state index is 0.223. The van der Waals surface area contributed by atoms with Crippen LogP contribution in [0.2, 0.25) is 5.15 Å². The van der Waals surface area contributed by atoms with E-state index < -0.39 is 5.97 Å². The van der Waals surface area contributed by atoms with Crippen LogP contribution in [-0.4, -0.2) is 30.2 Å². The van der Waals surface area contributed by atoms with E-state index in [2.05, 4.69) is 9.97 Å². The normalized spacial score (nSPS) is 11.0. The van der Waals surface area contributed by atoms with E-state index in [1.807, 2.05) is 0 Å². The molecule has 1 heterocycles. The lowest BCUT2D eigenvalue weighted by atomic mass is 10.1. The van der Waals surface area contributed by atoms with Crippen LogP contribution in [0, 0.1) is 0 Å². The molecule has 0 aliphatic rings. The van der Waals surface area contributed by atoms with E-state index in [0.29, 0.717) is 11.3 Å². The molecule has 2 rings (SSSR count). The second-order valence-electron chi connectivity index (χ2n) is 4.04. The first-order chi connectivity index (χ1) is 10.7. The van der Waals surface area contributed by atoms with Gasteiger partial charge in [0.15, 0.2) is 0 Å². The number of aromatic nitrogens is 2. The Labute approximate surface area is 132 Å². The van der Waals surface area contributed by atoms with Crippen LogP contribution in [0.15, 0.2) is 42.9 Å². The molecule has 6 nitrogen and oxygen atoms in total. The highest BCUT2D eigenvalue weighted by atomic mass is 35.5. The van der Waals surface area contributed by atoms with Crippen LogP contribution in [0.4, 0.5) is 0 Å². The Morgan fingerprint density at radius 2 is 2.00 bits per heavy atom. The molecule has 0 saturated carbocycles. The fourth-order valence-corrected chi connectivity index (χ4v) is 1.85. The fourth-order valence-electron chi connectivity index (χ4n) is 1.71. The molecule has 1 aromatic carbocycles. The third kappa shape index (κ3) is 3.73. The van der Waals surface area contributed by atoms with Gasteiger partial charge in [0.2, 0.25) is 5.88 Å². The molecule has 0 aliphatic carbocycles. The van der Waals surface area contributed by atoms with E-state index in [1.165, 1.54) is 32.9 Å². The maximum atomic E-state index is 11.9. The SMILES string of the molecule is COC=C(C(=O)OC)c1ccccc1Oc1cc(Cl)ncn1. The number of hydrogen-bond donors (Lipinski definition) is 0. The summed E-state index contributed by atoms with van der Waals surface area (Å²) in [5.74, 6) is 0.124. The molecule has 2 aromatic rings. The molecule has 0 atom stereocenters. The number of rotatable bonds is 5. The molecule has 0 N–H and O–H groups in total. The maximum absolute atomic E-state index is 11.9. The number of halogens is 1. The molecule has 0 spiro atoms. The number of nitrogens with zero attached hydrogens (tertiary/aromatic N) is 2. The van der Waals surface area contributed by atoms with Crippen molar-refractivity contribution in [3.8, 4) is 11.6 Å². The van der Waals surface area contributed by atoms with Crippen LogP contribution in [-0.2, 0) is 14.3 Å². The molecule has 0 amide bonds. The van der Waals surface area contributed by atoms with Crippen molar-refractivity contribution in [1.29, 1.82) is 0 Å². The Morgan fingerprint density at radius 1 is 1.23 bits per heavy atom. The van der Waals surface area contributed by atoms with E-state index in [1.54, 1.807) is 24.3 Å². The highest BCUT2D eigenvalue weighted by molar-refractivity contribution is 6.29. The molecule has 0 saturated heterocycles. The number of benzene rings is 1. The lowest BCUT2D eigenvalue weighted by Crippen LogP contribution is -2.06. The average Bonchev–Trinajstić information content (AvgIpc) is 2.53. The zero-order valence-electron chi connectivity index (χ0n) is 11.9. The predicted octanol–water partition coefficient (Wildman–Crippen LogP) is 3.08. The number of carbonyl (C=O) groups excluding carboxylic acids is 1. The van der Waals surface area contributed by atoms with E-state index in [0.717, 1.165) is 0 Å². The molecular weight excluding hydrogens is 308 g/mol. The highest BCUT2D eigenvalue weighted by Crippen LogP contribution is 2.30. The minimum atomic E-state index is -0.543. The molecule has 114 valence electrons. The molecule has 22 heavy (non-hydrogen) atoms. The Kier molecular flexibility index (Phi) is 5.32. The van der Waals surface area contributed by atoms with Gasteiger partial charge in [-0.3, -0.25) is 0 Å². The monoisotopic (exact) mass is 320 g/mol. The van der Waals surface area contributed by atoms with Gasteiger partial charge in [-0.25, -0.2) is 14.8 Å². The molecular formula is C15H13ClN2O4. The quantitative estimate of drug-likeness (QED) is 0.365. The van der Waals surface area contributed by atoms with Crippen molar-refractivity contribution < 1.29 is 19.0 Å². The van der Waals surface area contributed by atoms with Gasteiger partial charge >= 0.3 is 5.97 Å². The summed E-state index contributed by atoms with van der Waals surface area (Å²) in [7, 11) is 2.73. The average molecular weight is 321 g/mol. The van der Waals surface area contributed by atoms with Gasteiger partial charge in [0.05, 0.1) is 20.5 Å². The van der Waals surface area contributed by atoms with Crippen LogP contribution in [0.1, 0.15) is 5.56 Å². The summed E-state index contributed by atoms with van der Waals surface area (Å²) in [4.78, 5) is 19.6. The zero-order valence-corrected chi connectivity index (χ0v) is 12.7. The predicted molar refractivity (Wildman–Crippen MR) is 80.6 cm³/mol. The zero-order chi connectivity index (χ0) is 15.9. The summed E-state index contributed by atoms with van der Waals surface area (Å²) in [6.07, 6.45) is 2.58. The van der Waals surface area contributed by atoms with Crippen molar-refractivity contribution >= 4 is 23.1 Å². The van der Waals surface area contributed by atoms with Crippen molar-refractivity contribution in [2.24, 2.45) is 0 Å². The van der Waals surface area contributed by atoms with E-state index in [4.69, 9.17) is 25.8 Å². The van der Waals surface area contributed by atoms with Crippen LogP contribution < -0.4 is 4.74 Å². The van der Waals surface area contributed by atoms with Gasteiger partial charge in [-0.1, -0.05) is 29.8 Å². The molecule has 0 unspecified atom stereocenters. The van der Waals surface area contributed by atoms with Crippen LogP contribution in [0.5, 0.6) is 11.6 Å². The van der Waals surface area contributed by atoms with E-state index in [9.17, 15) is 4.79 Å². The third-order valence-corrected chi connectivity index (χ3v) is 2.85. The summed E-state index contributed by atoms with van der Waals surface area (Å²) in [6.45, 7) is 0. The second kappa shape index (κ2) is 7.42. The Bertz CT molecular complexity index is 703. The largest absolute Gasteiger partial charge is 0.503 e. The second-order valence-corrected chi connectivity index (χ2v) is 4.42. The van der Waals surface area contributed by atoms with Gasteiger partial charge in [-0.05, 0) is 6.07 Å². The lowest BCUT2D eigenvalue weighted by Gasteiger charge is -2.11. The summed E-state index contributed by atoms with van der Waals surface area (Å²) < 4.78 is 15.4. The van der Waals surface area contributed by atoms with Crippen LogP contribution in [0.3, 0.4) is 0 Å². The number of methoxy groups -OCH3 is 2. The first-order valence-electron chi connectivity index (χ1n) is 6.21. The molecule has 0 bridgehead atoms. The van der Waals surface area contributed by atoms with E-state index in [-0.39, 0.29) is 16.6 Å². The molecule has 0 fully saturated rings. The Balaban J connectivity index is 2.41. The molecule has 1 aromatic heterocycles. The van der Waals surface area contributed by atoms with Crippen molar-refractivity contribution in [2.75, 3.05) is 14.2 Å². The minimum Gasteiger partial charge on any atom is -0.503 e. The highest BCUT2D eigenvalue weighted by Gasteiger charge is 2.18. The van der Waals surface area contributed by atoms with Crippen LogP contribution in [0.25, 0.3) is 5.57 Å². The maximum Gasteiger partial charge on any atom is 0.341 e. The standard InChI is InChI=1S/C15H13ClN2O4/c1-20-8-11(15(19)21-2)10-5-3-4-6-12(10)22-14-7-13(16)17-9-18-14/h3-9H,1-2H3. The molecule has 7 heteroatoms. The van der Waals surface area contributed by atoms with Crippen molar-refractivity contribution in [3.05, 3.63) is 53.6 Å². The Morgan fingerprint density at radius 3 is 2.68 bits per heavy atom. The van der Waals surface area contributed by atoms with Gasteiger partial charge in [-0.15, -0.1) is 0 Å². The number of hydrogen-bond acceptors (Lipinski definition) is 6. The van der Waals surface area contributed by atoms with Gasteiger partial charge in [0.1, 0.15) is 22.8 Å².